The van der Waals surface area contributed by atoms with Gasteiger partial charge in [-0.2, -0.15) is 22.0 Å². The molecule has 3 unspecified atom stereocenters. The van der Waals surface area contributed by atoms with E-state index < -0.39 is 51.1 Å². The highest BCUT2D eigenvalue weighted by atomic mass is 32.2. The molecule has 2 saturated carbocycles. The van der Waals surface area contributed by atoms with Crippen LogP contribution in [0.3, 0.4) is 0 Å². The van der Waals surface area contributed by atoms with Gasteiger partial charge in [0, 0.05) is 28.9 Å². The number of allylic oxidation sites excluding steroid dienone is 4. The quantitative estimate of drug-likeness (QED) is 0.339. The third-order valence-corrected chi connectivity index (χ3v) is 11.9. The molecular formula is C33H34F5NO3S. The Morgan fingerprint density at radius 1 is 0.930 bits per heavy atom. The summed E-state index contributed by atoms with van der Waals surface area (Å²) >= 11 is 0. The highest BCUT2D eigenvalue weighted by Crippen LogP contribution is 2.70. The molecule has 0 spiro atoms. The van der Waals surface area contributed by atoms with Gasteiger partial charge in [0.1, 0.15) is 5.60 Å². The normalized spacial score (nSPS) is 32.4. The van der Waals surface area contributed by atoms with Crippen LogP contribution in [0.1, 0.15) is 63.4 Å². The predicted octanol–water partition coefficient (Wildman–Crippen LogP) is 8.22. The van der Waals surface area contributed by atoms with Crippen molar-refractivity contribution in [1.82, 2.24) is 0 Å². The van der Waals surface area contributed by atoms with Gasteiger partial charge in [-0.1, -0.05) is 48.9 Å². The molecule has 230 valence electrons. The summed E-state index contributed by atoms with van der Waals surface area (Å²) < 4.78 is 91.6. The lowest BCUT2D eigenvalue weighted by Gasteiger charge is -2.56. The number of hydrogen-bond donors (Lipinski definition) is 2. The van der Waals surface area contributed by atoms with Gasteiger partial charge in [-0.05, 0) is 96.4 Å². The van der Waals surface area contributed by atoms with E-state index in [1.54, 1.807) is 30.3 Å². The molecular weight excluding hydrogens is 585 g/mol. The maximum absolute atomic E-state index is 15.2. The number of hydrogen-bond acceptors (Lipinski definition) is 4. The van der Waals surface area contributed by atoms with E-state index >= 15 is 8.78 Å². The van der Waals surface area contributed by atoms with Gasteiger partial charge in [-0.3, -0.25) is 4.79 Å². The molecule has 4 nitrogen and oxygen atoms in total. The fraction of sp³-hybridized carbons (Fsp3) is 0.485. The van der Waals surface area contributed by atoms with Gasteiger partial charge in [0.15, 0.2) is 5.78 Å². The molecule has 0 aliphatic heterocycles. The second kappa shape index (κ2) is 9.83. The first-order chi connectivity index (χ1) is 20.0. The summed E-state index contributed by atoms with van der Waals surface area (Å²) in [6, 6.07) is 14.2. The minimum Gasteiger partial charge on any atom is -0.383 e. The van der Waals surface area contributed by atoms with E-state index in [4.69, 9.17) is 4.78 Å². The highest BCUT2D eigenvalue weighted by molar-refractivity contribution is 7.91. The maximum atomic E-state index is 15.2. The number of rotatable bonds is 4. The number of halogens is 5. The monoisotopic (exact) mass is 619 g/mol. The average molecular weight is 620 g/mol. The van der Waals surface area contributed by atoms with Gasteiger partial charge in [0.2, 0.25) is 0 Å². The predicted molar refractivity (Wildman–Crippen MR) is 153 cm³/mol. The molecule has 10 heteroatoms. The van der Waals surface area contributed by atoms with Crippen molar-refractivity contribution in [3.05, 3.63) is 76.9 Å². The molecule has 2 fully saturated rings. The first-order valence-electron chi connectivity index (χ1n) is 14.6. The third kappa shape index (κ3) is 4.54. The molecule has 4 aliphatic rings. The van der Waals surface area contributed by atoms with Crippen LogP contribution in [-0.2, 0) is 14.5 Å². The fourth-order valence-electron chi connectivity index (χ4n) is 8.53. The van der Waals surface area contributed by atoms with Crippen molar-refractivity contribution in [1.29, 1.82) is 4.78 Å². The Hall–Kier alpha value is -2.85. The van der Waals surface area contributed by atoms with Crippen molar-refractivity contribution in [2.75, 3.05) is 6.26 Å². The van der Waals surface area contributed by atoms with Gasteiger partial charge >= 0.3 is 12.1 Å². The molecule has 2 aromatic carbocycles. The van der Waals surface area contributed by atoms with Gasteiger partial charge in [-0.25, -0.2) is 8.99 Å². The van der Waals surface area contributed by atoms with E-state index in [9.17, 15) is 27.3 Å². The Morgan fingerprint density at radius 2 is 1.53 bits per heavy atom. The van der Waals surface area contributed by atoms with Crippen LogP contribution >= 0.6 is 0 Å². The number of ketones is 1. The summed E-state index contributed by atoms with van der Waals surface area (Å²) in [5.74, 6) is -6.56. The molecule has 0 saturated heterocycles. The zero-order chi connectivity index (χ0) is 31.2. The third-order valence-electron chi connectivity index (χ3n) is 10.7. The van der Waals surface area contributed by atoms with Crippen LogP contribution in [0.5, 0.6) is 0 Å². The number of carbonyl (C=O) groups excluding carboxylic acids is 1. The molecule has 0 amide bonds. The number of nitrogens with one attached hydrogen (secondary N) is 1. The van der Waals surface area contributed by atoms with Gasteiger partial charge in [0.25, 0.3) is 0 Å². The van der Waals surface area contributed by atoms with Gasteiger partial charge in [0.05, 0.1) is 9.73 Å². The summed E-state index contributed by atoms with van der Waals surface area (Å²) in [5, 5.41) is 11.4. The molecule has 2 aromatic rings. The second-order valence-corrected chi connectivity index (χ2v) is 15.1. The lowest BCUT2D eigenvalue weighted by atomic mass is 9.50. The van der Waals surface area contributed by atoms with Crippen molar-refractivity contribution in [2.45, 2.75) is 80.4 Å². The fourth-order valence-corrected chi connectivity index (χ4v) is 9.18. The lowest BCUT2D eigenvalue weighted by Crippen LogP contribution is -2.65. The van der Waals surface area contributed by atoms with Gasteiger partial charge < -0.3 is 5.11 Å². The Labute approximate surface area is 248 Å². The summed E-state index contributed by atoms with van der Waals surface area (Å²) in [5.41, 5.74) is 0.449. The molecule has 4 aliphatic carbocycles. The van der Waals surface area contributed by atoms with E-state index in [-0.39, 0.29) is 24.5 Å². The molecule has 0 radical (unpaired) electrons. The molecule has 0 heterocycles. The maximum Gasteiger partial charge on any atom is 0.456 e. The Bertz CT molecular complexity index is 1640. The van der Waals surface area contributed by atoms with Crippen molar-refractivity contribution < 1.29 is 36.1 Å². The summed E-state index contributed by atoms with van der Waals surface area (Å²) in [6.45, 7) is 1.42. The van der Waals surface area contributed by atoms with Crippen LogP contribution < -0.4 is 0 Å². The van der Waals surface area contributed by atoms with Crippen LogP contribution in [-0.4, -0.2) is 39.1 Å². The minimum atomic E-state index is -5.89. The standard InChI is InChI=1S/C33H34F5NO3S/c1-30-18-27(21-5-3-19(4-6-21)20-7-11-24(12-8-20)43(2,39)42)29-25-14-10-23(40)17-22(25)9-13-26(29)28(30)15-16-31(30,41)32(34,35)33(36,37)38/h3-8,11-12,17,26-28,39,41H,9-10,13-16,18H2,1-2H3/t26?,27-,28?,30+,31+,43?/m1/s1. The molecule has 2 N–H and O–H groups in total. The minimum absolute atomic E-state index is 0.0368. The number of carbonyl (C=O) groups is 1. The molecule has 6 atom stereocenters. The average Bonchev–Trinajstić information content (AvgIpc) is 3.23. The number of alkyl halides is 5. The Balaban J connectivity index is 1.45. The molecule has 43 heavy (non-hydrogen) atoms. The van der Waals surface area contributed by atoms with Crippen molar-refractivity contribution >= 4 is 15.5 Å². The zero-order valence-corrected chi connectivity index (χ0v) is 24.8. The Kier molecular flexibility index (Phi) is 6.90. The largest absolute Gasteiger partial charge is 0.456 e. The van der Waals surface area contributed by atoms with Crippen molar-refractivity contribution in [3.63, 3.8) is 0 Å². The van der Waals surface area contributed by atoms with E-state index in [2.05, 4.69) is 0 Å². The van der Waals surface area contributed by atoms with E-state index in [1.165, 1.54) is 13.2 Å². The number of benzene rings is 2. The SMILES string of the molecule is C[C@]12C[C@H](c3ccc(-c4ccc(S(C)(=N)=O)cc4)cc3)C3=C4CCC(=O)C=C4CCC3C1CC[C@@]2(O)C(F)(F)C(F)(F)F. The van der Waals surface area contributed by atoms with Crippen molar-refractivity contribution in [3.8, 4) is 11.1 Å². The summed E-state index contributed by atoms with van der Waals surface area (Å²) in [7, 11) is -2.87. The summed E-state index contributed by atoms with van der Waals surface area (Å²) in [6.07, 6.45) is -1.58. The van der Waals surface area contributed by atoms with Crippen LogP contribution in [0.15, 0.2) is 76.2 Å². The Morgan fingerprint density at radius 3 is 2.12 bits per heavy atom. The molecule has 0 bridgehead atoms. The highest BCUT2D eigenvalue weighted by Gasteiger charge is 2.79. The van der Waals surface area contributed by atoms with Gasteiger partial charge in [-0.15, -0.1) is 0 Å². The number of fused-ring (bicyclic) bond motifs is 4. The second-order valence-electron chi connectivity index (χ2n) is 13.0. The number of aliphatic hydroxyl groups is 1. The topological polar surface area (TPSA) is 78.2 Å². The van der Waals surface area contributed by atoms with E-state index in [0.717, 1.165) is 33.4 Å². The zero-order valence-electron chi connectivity index (χ0n) is 23.9. The first kappa shape index (κ1) is 30.2. The molecule has 0 aromatic heterocycles. The van der Waals surface area contributed by atoms with E-state index in [1.807, 2.05) is 24.3 Å². The van der Waals surface area contributed by atoms with Crippen LogP contribution in [0, 0.1) is 22.0 Å². The van der Waals surface area contributed by atoms with Crippen LogP contribution in [0.2, 0.25) is 0 Å². The molecule has 6 rings (SSSR count). The first-order valence-corrected chi connectivity index (χ1v) is 16.5. The summed E-state index contributed by atoms with van der Waals surface area (Å²) in [4.78, 5) is 12.7. The van der Waals surface area contributed by atoms with Crippen LogP contribution in [0.25, 0.3) is 11.1 Å². The van der Waals surface area contributed by atoms with Crippen molar-refractivity contribution in [2.24, 2.45) is 17.3 Å². The van der Waals surface area contributed by atoms with E-state index in [0.29, 0.717) is 30.6 Å². The van der Waals surface area contributed by atoms with Crippen LogP contribution in [0.4, 0.5) is 22.0 Å². The lowest BCUT2D eigenvalue weighted by molar-refractivity contribution is -0.362. The smallest absolute Gasteiger partial charge is 0.383 e.